The molecule has 1 aromatic rings. The molecule has 7 heteroatoms. The van der Waals surface area contributed by atoms with Crippen molar-refractivity contribution < 1.29 is 9.72 Å². The second kappa shape index (κ2) is 7.41. The molecule has 23 heavy (non-hydrogen) atoms. The number of amides is 1. The molecular formula is C16H24N4O3. The Balaban J connectivity index is 2.03. The van der Waals surface area contributed by atoms with Gasteiger partial charge in [0.05, 0.1) is 4.92 Å². The van der Waals surface area contributed by atoms with Crippen LogP contribution in [0.5, 0.6) is 0 Å². The number of hydrogen-bond acceptors (Lipinski definition) is 5. The Morgan fingerprint density at radius 3 is 2.61 bits per heavy atom. The number of rotatable bonds is 6. The van der Waals surface area contributed by atoms with Gasteiger partial charge in [-0.1, -0.05) is 13.8 Å². The Kier molecular flexibility index (Phi) is 5.54. The first-order valence-electron chi connectivity index (χ1n) is 7.94. The lowest BCUT2D eigenvalue weighted by molar-refractivity contribution is -0.384. The minimum Gasteiger partial charge on any atom is -0.377 e. The van der Waals surface area contributed by atoms with E-state index in [1.54, 1.807) is 6.07 Å². The Bertz CT molecular complexity index is 581. The van der Waals surface area contributed by atoms with Gasteiger partial charge in [0.25, 0.3) is 5.69 Å². The van der Waals surface area contributed by atoms with Gasteiger partial charge >= 0.3 is 0 Å². The molecule has 1 fully saturated rings. The number of likely N-dealkylation sites (tertiary alicyclic amines) is 1. The molecule has 0 spiro atoms. The van der Waals surface area contributed by atoms with Crippen molar-refractivity contribution in [2.24, 2.45) is 11.7 Å². The van der Waals surface area contributed by atoms with E-state index in [9.17, 15) is 14.9 Å². The molecular weight excluding hydrogens is 296 g/mol. The Hall–Kier alpha value is -2.15. The predicted molar refractivity (Wildman–Crippen MR) is 89.5 cm³/mol. The number of nitro benzene ring substituents is 1. The fraction of sp³-hybridized carbons (Fsp3) is 0.562. The number of carbonyl (C=O) groups excluding carboxylic acids is 1. The van der Waals surface area contributed by atoms with Gasteiger partial charge in [-0.3, -0.25) is 14.9 Å². The molecule has 0 atom stereocenters. The van der Waals surface area contributed by atoms with Crippen LogP contribution in [0.1, 0.15) is 37.0 Å². The molecule has 0 unspecified atom stereocenters. The van der Waals surface area contributed by atoms with Crippen LogP contribution in [0, 0.1) is 16.0 Å². The maximum Gasteiger partial charge on any atom is 0.293 e. The molecule has 1 aliphatic heterocycles. The third-order valence-corrected chi connectivity index (χ3v) is 4.05. The van der Waals surface area contributed by atoms with Gasteiger partial charge in [0.2, 0.25) is 5.91 Å². The predicted octanol–water partition coefficient (Wildman–Crippen LogP) is 2.23. The van der Waals surface area contributed by atoms with E-state index in [1.165, 1.54) is 12.1 Å². The van der Waals surface area contributed by atoms with Crippen LogP contribution in [0.4, 0.5) is 11.4 Å². The number of hydrogen-bond donors (Lipinski definition) is 2. The summed E-state index contributed by atoms with van der Waals surface area (Å²) in [6.45, 7) is 7.47. The number of carbonyl (C=O) groups is 1. The van der Waals surface area contributed by atoms with Gasteiger partial charge in [-0.2, -0.15) is 0 Å². The molecule has 7 nitrogen and oxygen atoms in total. The summed E-state index contributed by atoms with van der Waals surface area (Å²) in [6, 6.07) is 4.53. The molecule has 126 valence electrons. The second-order valence-electron chi connectivity index (χ2n) is 6.47. The van der Waals surface area contributed by atoms with E-state index in [-0.39, 0.29) is 17.3 Å². The fourth-order valence-electron chi connectivity index (χ4n) is 2.95. The molecule has 0 radical (unpaired) electrons. The van der Waals surface area contributed by atoms with Gasteiger partial charge in [0, 0.05) is 37.3 Å². The number of nitrogens with two attached hydrogens (primary N) is 1. The van der Waals surface area contributed by atoms with Crippen LogP contribution >= 0.6 is 0 Å². The van der Waals surface area contributed by atoms with Gasteiger partial charge in [-0.15, -0.1) is 0 Å². The largest absolute Gasteiger partial charge is 0.377 e. The van der Waals surface area contributed by atoms with Crippen LogP contribution in [0.2, 0.25) is 0 Å². The fourth-order valence-corrected chi connectivity index (χ4v) is 2.95. The second-order valence-corrected chi connectivity index (χ2v) is 6.47. The van der Waals surface area contributed by atoms with Crippen molar-refractivity contribution in [3.8, 4) is 0 Å². The first-order chi connectivity index (χ1) is 10.9. The summed E-state index contributed by atoms with van der Waals surface area (Å²) in [7, 11) is 0. The SMILES string of the molecule is CC(C)CN1CCC(Nc2ccc(C(N)=O)cc2[N+](=O)[O-])CC1. The zero-order valence-corrected chi connectivity index (χ0v) is 13.6. The monoisotopic (exact) mass is 320 g/mol. The smallest absolute Gasteiger partial charge is 0.293 e. The van der Waals surface area contributed by atoms with Gasteiger partial charge < -0.3 is 16.0 Å². The van der Waals surface area contributed by atoms with Gasteiger partial charge in [-0.05, 0) is 30.9 Å². The van der Waals surface area contributed by atoms with Crippen LogP contribution in [0.15, 0.2) is 18.2 Å². The quantitative estimate of drug-likeness (QED) is 0.618. The van der Waals surface area contributed by atoms with E-state index in [4.69, 9.17) is 5.73 Å². The summed E-state index contributed by atoms with van der Waals surface area (Å²) >= 11 is 0. The van der Waals surface area contributed by atoms with Crippen LogP contribution in [0.25, 0.3) is 0 Å². The number of nitrogens with zero attached hydrogens (tertiary/aromatic N) is 2. The molecule has 3 N–H and O–H groups in total. The van der Waals surface area contributed by atoms with Gasteiger partial charge in [0.1, 0.15) is 5.69 Å². The maximum atomic E-state index is 11.2. The normalized spacial score (nSPS) is 16.5. The molecule has 0 bridgehead atoms. The Labute approximate surface area is 136 Å². The van der Waals surface area contributed by atoms with E-state index in [1.807, 2.05) is 0 Å². The zero-order chi connectivity index (χ0) is 17.0. The van der Waals surface area contributed by atoms with Crippen molar-refractivity contribution in [1.82, 2.24) is 4.90 Å². The zero-order valence-electron chi connectivity index (χ0n) is 13.6. The van der Waals surface area contributed by atoms with Crippen molar-refractivity contribution in [3.63, 3.8) is 0 Å². The summed E-state index contributed by atoms with van der Waals surface area (Å²) in [5, 5.41) is 14.5. The van der Waals surface area contributed by atoms with Crippen LogP contribution in [-0.4, -0.2) is 41.4 Å². The molecule has 1 saturated heterocycles. The highest BCUT2D eigenvalue weighted by atomic mass is 16.6. The highest BCUT2D eigenvalue weighted by Gasteiger charge is 2.23. The summed E-state index contributed by atoms with van der Waals surface area (Å²) in [5.41, 5.74) is 5.67. The molecule has 1 aliphatic rings. The number of nitrogens with one attached hydrogen (secondary N) is 1. The van der Waals surface area contributed by atoms with Gasteiger partial charge in [0.15, 0.2) is 0 Å². The summed E-state index contributed by atoms with van der Waals surface area (Å²) in [5.74, 6) is -0.0245. The number of benzene rings is 1. The van der Waals surface area contributed by atoms with Crippen molar-refractivity contribution in [1.29, 1.82) is 0 Å². The number of nitro groups is 1. The van der Waals surface area contributed by atoms with E-state index in [0.29, 0.717) is 11.6 Å². The maximum absolute atomic E-state index is 11.2. The van der Waals surface area contributed by atoms with Gasteiger partial charge in [-0.25, -0.2) is 0 Å². The third kappa shape index (κ3) is 4.66. The van der Waals surface area contributed by atoms with Crippen molar-refractivity contribution in [2.75, 3.05) is 25.0 Å². The standard InChI is InChI=1S/C16H24N4O3/c1-11(2)10-19-7-5-13(6-8-19)18-14-4-3-12(16(17)21)9-15(14)20(22)23/h3-4,9,11,13,18H,5-8,10H2,1-2H3,(H2,17,21). The summed E-state index contributed by atoms with van der Waals surface area (Å²) in [4.78, 5) is 24.3. The molecule has 1 aromatic carbocycles. The average Bonchev–Trinajstić information content (AvgIpc) is 2.48. The van der Waals surface area contributed by atoms with Crippen molar-refractivity contribution >= 4 is 17.3 Å². The molecule has 1 amide bonds. The minimum atomic E-state index is -0.665. The molecule has 0 saturated carbocycles. The van der Waals surface area contributed by atoms with Crippen LogP contribution in [-0.2, 0) is 0 Å². The van der Waals surface area contributed by atoms with E-state index in [2.05, 4.69) is 24.1 Å². The van der Waals surface area contributed by atoms with Crippen LogP contribution < -0.4 is 11.1 Å². The van der Waals surface area contributed by atoms with E-state index in [0.717, 1.165) is 32.5 Å². The molecule has 0 aromatic heterocycles. The first-order valence-corrected chi connectivity index (χ1v) is 7.94. The third-order valence-electron chi connectivity index (χ3n) is 4.05. The number of anilines is 1. The lowest BCUT2D eigenvalue weighted by Gasteiger charge is -2.33. The lowest BCUT2D eigenvalue weighted by Crippen LogP contribution is -2.40. The minimum absolute atomic E-state index is 0.106. The van der Waals surface area contributed by atoms with Crippen molar-refractivity contribution in [2.45, 2.75) is 32.7 Å². The van der Waals surface area contributed by atoms with E-state index >= 15 is 0 Å². The average molecular weight is 320 g/mol. The number of primary amides is 1. The molecule has 1 heterocycles. The Morgan fingerprint density at radius 2 is 2.09 bits per heavy atom. The topological polar surface area (TPSA) is 102 Å². The lowest BCUT2D eigenvalue weighted by atomic mass is 10.0. The highest BCUT2D eigenvalue weighted by Crippen LogP contribution is 2.28. The van der Waals surface area contributed by atoms with Crippen molar-refractivity contribution in [3.05, 3.63) is 33.9 Å². The van der Waals surface area contributed by atoms with Crippen LogP contribution in [0.3, 0.4) is 0 Å². The first kappa shape index (κ1) is 17.2. The summed E-state index contributed by atoms with van der Waals surface area (Å²) in [6.07, 6.45) is 1.89. The number of piperidine rings is 1. The highest BCUT2D eigenvalue weighted by molar-refractivity contribution is 5.94. The summed E-state index contributed by atoms with van der Waals surface area (Å²) < 4.78 is 0. The molecule has 0 aliphatic carbocycles. The Morgan fingerprint density at radius 1 is 1.43 bits per heavy atom. The molecule has 2 rings (SSSR count). The van der Waals surface area contributed by atoms with E-state index < -0.39 is 10.8 Å².